The number of unbranched alkanes of at least 4 members (excludes halogenated alkanes) is 4. The number of hydrogen-bond acceptors (Lipinski definition) is 0. The van der Waals surface area contributed by atoms with Crippen molar-refractivity contribution in [1.29, 1.82) is 0 Å². The van der Waals surface area contributed by atoms with Crippen molar-refractivity contribution in [1.82, 2.24) is 0 Å². The van der Waals surface area contributed by atoms with Crippen LogP contribution in [-0.4, -0.2) is 0 Å². The van der Waals surface area contributed by atoms with E-state index in [-0.39, 0.29) is 0 Å². The molecule has 0 spiro atoms. The monoisotopic (exact) mass is 211 g/mol. The van der Waals surface area contributed by atoms with Crippen LogP contribution in [0.5, 0.6) is 0 Å². The molecule has 0 saturated carbocycles. The molecule has 0 aromatic heterocycles. The highest BCUT2D eigenvalue weighted by molar-refractivity contribution is 4.79. The lowest BCUT2D eigenvalue weighted by atomic mass is 9.88. The van der Waals surface area contributed by atoms with Gasteiger partial charge in [0.25, 0.3) is 0 Å². The average Bonchev–Trinajstić information content (AvgIpc) is 2.26. The Kier molecular flexibility index (Phi) is 10.5. The van der Waals surface area contributed by atoms with Gasteiger partial charge in [-0.05, 0) is 18.3 Å². The quantitative estimate of drug-likeness (QED) is 0.411. The van der Waals surface area contributed by atoms with Crippen molar-refractivity contribution in [2.24, 2.45) is 11.8 Å². The summed E-state index contributed by atoms with van der Waals surface area (Å²) < 4.78 is 0. The fraction of sp³-hybridized carbons (Fsp3) is 0.933. The Hall–Kier alpha value is 0. The molecule has 91 valence electrons. The SMILES string of the molecule is CCCCCCCC([CH]C(C)CC)CC. The van der Waals surface area contributed by atoms with E-state index in [1.165, 1.54) is 51.4 Å². The van der Waals surface area contributed by atoms with Crippen LogP contribution in [0.4, 0.5) is 0 Å². The molecule has 0 bridgehead atoms. The molecule has 1 radical (unpaired) electrons. The Bertz CT molecular complexity index is 117. The molecule has 0 amide bonds. The summed E-state index contributed by atoms with van der Waals surface area (Å²) in [4.78, 5) is 0. The summed E-state index contributed by atoms with van der Waals surface area (Å²) in [6.45, 7) is 9.25. The highest BCUT2D eigenvalue weighted by Crippen LogP contribution is 2.22. The molecule has 0 nitrogen and oxygen atoms in total. The molecular weight excluding hydrogens is 180 g/mol. The highest BCUT2D eigenvalue weighted by Gasteiger charge is 2.10. The molecule has 0 aromatic rings. The smallest absolute Gasteiger partial charge is 0.0327 e. The summed E-state index contributed by atoms with van der Waals surface area (Å²) >= 11 is 0. The molecule has 2 atom stereocenters. The summed E-state index contributed by atoms with van der Waals surface area (Å²) in [5, 5.41) is 0. The molecule has 0 N–H and O–H groups in total. The summed E-state index contributed by atoms with van der Waals surface area (Å²) in [6.07, 6.45) is 13.7. The van der Waals surface area contributed by atoms with Crippen molar-refractivity contribution in [3.05, 3.63) is 6.42 Å². The third kappa shape index (κ3) is 8.96. The second-order valence-corrected chi connectivity index (χ2v) is 4.95. The normalized spacial score (nSPS) is 15.2. The van der Waals surface area contributed by atoms with Crippen LogP contribution in [0.2, 0.25) is 0 Å². The minimum Gasteiger partial charge on any atom is -0.0654 e. The zero-order valence-electron chi connectivity index (χ0n) is 11.4. The van der Waals surface area contributed by atoms with Gasteiger partial charge in [-0.1, -0.05) is 79.1 Å². The second kappa shape index (κ2) is 10.5. The van der Waals surface area contributed by atoms with Gasteiger partial charge in [-0.2, -0.15) is 0 Å². The minimum absolute atomic E-state index is 0.811. The van der Waals surface area contributed by atoms with Gasteiger partial charge in [0.05, 0.1) is 0 Å². The summed E-state index contributed by atoms with van der Waals surface area (Å²) in [5.74, 6) is 1.69. The zero-order chi connectivity index (χ0) is 11.5. The van der Waals surface area contributed by atoms with Gasteiger partial charge in [0, 0.05) is 0 Å². The van der Waals surface area contributed by atoms with E-state index in [0.29, 0.717) is 0 Å². The highest BCUT2D eigenvalue weighted by atomic mass is 14.2. The van der Waals surface area contributed by atoms with Crippen molar-refractivity contribution < 1.29 is 0 Å². The fourth-order valence-electron chi connectivity index (χ4n) is 2.05. The van der Waals surface area contributed by atoms with Crippen molar-refractivity contribution in [3.63, 3.8) is 0 Å². The van der Waals surface area contributed by atoms with E-state index in [1.54, 1.807) is 0 Å². The van der Waals surface area contributed by atoms with Gasteiger partial charge in [0.2, 0.25) is 0 Å². The molecule has 0 fully saturated rings. The summed E-state index contributed by atoms with van der Waals surface area (Å²) in [6, 6.07) is 0. The first kappa shape index (κ1) is 15.0. The van der Waals surface area contributed by atoms with E-state index >= 15 is 0 Å². The topological polar surface area (TPSA) is 0 Å². The van der Waals surface area contributed by atoms with Crippen LogP contribution in [0, 0.1) is 18.3 Å². The predicted octanol–water partition coefficient (Wildman–Crippen LogP) is 5.62. The Balaban J connectivity index is 3.44. The average molecular weight is 211 g/mol. The van der Waals surface area contributed by atoms with E-state index in [0.717, 1.165) is 11.8 Å². The Morgan fingerprint density at radius 2 is 1.53 bits per heavy atom. The zero-order valence-corrected chi connectivity index (χ0v) is 11.4. The van der Waals surface area contributed by atoms with Gasteiger partial charge in [-0.25, -0.2) is 0 Å². The van der Waals surface area contributed by atoms with Crippen LogP contribution in [0.3, 0.4) is 0 Å². The van der Waals surface area contributed by atoms with Crippen molar-refractivity contribution in [2.75, 3.05) is 0 Å². The molecule has 0 saturated heterocycles. The van der Waals surface area contributed by atoms with Gasteiger partial charge in [-0.3, -0.25) is 0 Å². The van der Waals surface area contributed by atoms with Crippen molar-refractivity contribution in [2.45, 2.75) is 79.1 Å². The van der Waals surface area contributed by atoms with Gasteiger partial charge in [-0.15, -0.1) is 0 Å². The molecule has 0 heterocycles. The lowest BCUT2D eigenvalue weighted by molar-refractivity contribution is 0.438. The summed E-state index contributed by atoms with van der Waals surface area (Å²) in [5.41, 5.74) is 0. The van der Waals surface area contributed by atoms with Crippen LogP contribution in [0.1, 0.15) is 79.1 Å². The van der Waals surface area contributed by atoms with E-state index < -0.39 is 0 Å². The number of rotatable bonds is 10. The first-order valence-electron chi connectivity index (χ1n) is 7.09. The second-order valence-electron chi connectivity index (χ2n) is 4.95. The molecule has 15 heavy (non-hydrogen) atoms. The standard InChI is InChI=1S/C15H31/c1-5-8-9-10-11-12-15(7-3)13-14(4)6-2/h13-15H,5-12H2,1-4H3. The van der Waals surface area contributed by atoms with Crippen LogP contribution in [0.15, 0.2) is 0 Å². The summed E-state index contributed by atoms with van der Waals surface area (Å²) in [7, 11) is 0. The lowest BCUT2D eigenvalue weighted by Crippen LogP contribution is -2.06. The third-order valence-corrected chi connectivity index (χ3v) is 3.45. The van der Waals surface area contributed by atoms with Crippen LogP contribution in [0.25, 0.3) is 0 Å². The molecule has 0 heteroatoms. The van der Waals surface area contributed by atoms with E-state index in [4.69, 9.17) is 0 Å². The van der Waals surface area contributed by atoms with Crippen molar-refractivity contribution in [3.8, 4) is 0 Å². The molecule has 0 aliphatic heterocycles. The maximum Gasteiger partial charge on any atom is -0.0327 e. The van der Waals surface area contributed by atoms with E-state index in [9.17, 15) is 0 Å². The Morgan fingerprint density at radius 1 is 0.867 bits per heavy atom. The Morgan fingerprint density at radius 3 is 2.07 bits per heavy atom. The fourth-order valence-corrected chi connectivity index (χ4v) is 2.05. The largest absolute Gasteiger partial charge is 0.0654 e. The molecule has 0 aliphatic carbocycles. The van der Waals surface area contributed by atoms with Crippen molar-refractivity contribution >= 4 is 0 Å². The first-order chi connectivity index (χ1) is 7.24. The third-order valence-electron chi connectivity index (χ3n) is 3.45. The molecule has 2 unspecified atom stereocenters. The van der Waals surface area contributed by atoms with Gasteiger partial charge >= 0.3 is 0 Å². The predicted molar refractivity (Wildman–Crippen MR) is 70.9 cm³/mol. The van der Waals surface area contributed by atoms with Crippen LogP contribution >= 0.6 is 0 Å². The minimum atomic E-state index is 0.811. The number of hydrogen-bond donors (Lipinski definition) is 0. The first-order valence-corrected chi connectivity index (χ1v) is 7.09. The molecular formula is C15H31. The maximum absolute atomic E-state index is 2.58. The van der Waals surface area contributed by atoms with Crippen LogP contribution < -0.4 is 0 Å². The Labute approximate surface area is 97.8 Å². The van der Waals surface area contributed by atoms with Gasteiger partial charge in [0.1, 0.15) is 0 Å². The van der Waals surface area contributed by atoms with Gasteiger partial charge < -0.3 is 0 Å². The van der Waals surface area contributed by atoms with E-state index in [2.05, 4.69) is 34.1 Å². The maximum atomic E-state index is 2.58. The molecule has 0 aliphatic rings. The lowest BCUT2D eigenvalue weighted by Gasteiger charge is -2.18. The molecule has 0 aromatic carbocycles. The van der Waals surface area contributed by atoms with Crippen LogP contribution in [-0.2, 0) is 0 Å². The molecule has 0 rings (SSSR count). The van der Waals surface area contributed by atoms with Gasteiger partial charge in [0.15, 0.2) is 0 Å². The van der Waals surface area contributed by atoms with E-state index in [1.807, 2.05) is 0 Å².